The summed E-state index contributed by atoms with van der Waals surface area (Å²) < 4.78 is 7.28. The molecule has 1 aromatic carbocycles. The van der Waals surface area contributed by atoms with Crippen LogP contribution in [-0.2, 0) is 35.5 Å². The molecule has 1 amide bonds. The maximum absolute atomic E-state index is 12.9. The highest BCUT2D eigenvalue weighted by molar-refractivity contribution is 7.99. The molecule has 0 saturated carbocycles. The van der Waals surface area contributed by atoms with E-state index < -0.39 is 0 Å². The maximum Gasteiger partial charge on any atom is 0.348 e. The van der Waals surface area contributed by atoms with Crippen LogP contribution in [0.1, 0.15) is 36.1 Å². The van der Waals surface area contributed by atoms with E-state index in [2.05, 4.69) is 15.2 Å². The standard InChI is InChI=1S/C24H31ClN4O3S/c25-19-8-6-18(7-9-19)16-26-22(30)17-33-23-20-4-1-2-5-21(20)29(24(31)27-23)11-3-10-28-12-14-32-15-13-28/h6-9H,1-5,10-17H2,(H,26,30). The third-order valence-corrected chi connectivity index (χ3v) is 7.42. The molecule has 0 spiro atoms. The molecule has 2 aliphatic rings. The van der Waals surface area contributed by atoms with Crippen LogP contribution >= 0.6 is 23.4 Å². The third-order valence-electron chi connectivity index (χ3n) is 6.15. The Bertz CT molecular complexity index is 1010. The number of halogens is 1. The Morgan fingerprint density at radius 1 is 1.12 bits per heavy atom. The first kappa shape index (κ1) is 24.3. The van der Waals surface area contributed by atoms with Crippen LogP contribution in [0.3, 0.4) is 0 Å². The van der Waals surface area contributed by atoms with Gasteiger partial charge in [0.15, 0.2) is 0 Å². The largest absolute Gasteiger partial charge is 0.379 e. The SMILES string of the molecule is O=C(CSc1nc(=O)n(CCCN2CCOCC2)c2c1CCCC2)NCc1ccc(Cl)cc1. The fourth-order valence-electron chi connectivity index (χ4n) is 4.36. The summed E-state index contributed by atoms with van der Waals surface area (Å²) in [5.41, 5.74) is 3.07. The first-order valence-electron chi connectivity index (χ1n) is 11.7. The Hall–Kier alpha value is -1.87. The number of carbonyl (C=O) groups excluding carboxylic acids is 1. The van der Waals surface area contributed by atoms with Crippen LogP contribution in [0.2, 0.25) is 5.02 Å². The molecular formula is C24H31ClN4O3S. The van der Waals surface area contributed by atoms with Crippen LogP contribution < -0.4 is 11.0 Å². The van der Waals surface area contributed by atoms with E-state index in [9.17, 15) is 9.59 Å². The highest BCUT2D eigenvalue weighted by atomic mass is 35.5. The van der Waals surface area contributed by atoms with E-state index in [4.69, 9.17) is 16.3 Å². The molecule has 1 aromatic heterocycles. The maximum atomic E-state index is 12.9. The van der Waals surface area contributed by atoms with Gasteiger partial charge in [0.2, 0.25) is 5.91 Å². The molecule has 178 valence electrons. The van der Waals surface area contributed by atoms with E-state index in [0.29, 0.717) is 18.1 Å². The molecule has 1 fully saturated rings. The van der Waals surface area contributed by atoms with Gasteiger partial charge >= 0.3 is 5.69 Å². The Balaban J connectivity index is 1.35. The number of thioether (sulfide) groups is 1. The fraction of sp³-hybridized carbons (Fsp3) is 0.542. The van der Waals surface area contributed by atoms with Gasteiger partial charge in [0.05, 0.1) is 19.0 Å². The second-order valence-corrected chi connectivity index (χ2v) is 9.88. The average Bonchev–Trinajstić information content (AvgIpc) is 2.84. The Kier molecular flexibility index (Phi) is 8.83. The number of nitrogens with one attached hydrogen (secondary N) is 1. The van der Waals surface area contributed by atoms with Gasteiger partial charge < -0.3 is 10.1 Å². The van der Waals surface area contributed by atoms with E-state index in [-0.39, 0.29) is 17.3 Å². The summed E-state index contributed by atoms with van der Waals surface area (Å²) >= 11 is 7.28. The number of hydrogen-bond donors (Lipinski definition) is 1. The molecule has 1 aliphatic heterocycles. The minimum atomic E-state index is -0.193. The van der Waals surface area contributed by atoms with Crippen LogP contribution in [0.5, 0.6) is 0 Å². The molecule has 0 bridgehead atoms. The lowest BCUT2D eigenvalue weighted by atomic mass is 9.97. The van der Waals surface area contributed by atoms with Crippen LogP contribution in [-0.4, -0.2) is 59.0 Å². The zero-order chi connectivity index (χ0) is 23.0. The summed E-state index contributed by atoms with van der Waals surface area (Å²) in [5.74, 6) is 0.170. The zero-order valence-electron chi connectivity index (χ0n) is 18.9. The van der Waals surface area contributed by atoms with E-state index in [1.54, 1.807) is 0 Å². The number of hydrogen-bond acceptors (Lipinski definition) is 6. The molecule has 7 nitrogen and oxygen atoms in total. The van der Waals surface area contributed by atoms with Gasteiger partial charge in [-0.3, -0.25) is 14.3 Å². The average molecular weight is 491 g/mol. The molecule has 0 atom stereocenters. The number of carbonyl (C=O) groups is 1. The van der Waals surface area contributed by atoms with Gasteiger partial charge in [-0.15, -0.1) is 0 Å². The van der Waals surface area contributed by atoms with Crippen molar-refractivity contribution in [3.8, 4) is 0 Å². The van der Waals surface area contributed by atoms with Crippen molar-refractivity contribution in [3.63, 3.8) is 0 Å². The highest BCUT2D eigenvalue weighted by Gasteiger charge is 2.21. The summed E-state index contributed by atoms with van der Waals surface area (Å²) in [6.45, 7) is 5.60. The normalized spacial score (nSPS) is 16.4. The Morgan fingerprint density at radius 2 is 1.88 bits per heavy atom. The number of aromatic nitrogens is 2. The van der Waals surface area contributed by atoms with Crippen molar-refractivity contribution in [2.24, 2.45) is 0 Å². The van der Waals surface area contributed by atoms with Crippen molar-refractivity contribution in [1.82, 2.24) is 19.8 Å². The molecule has 1 N–H and O–H groups in total. The highest BCUT2D eigenvalue weighted by Crippen LogP contribution is 2.28. The van der Waals surface area contributed by atoms with Crippen molar-refractivity contribution in [1.29, 1.82) is 0 Å². The van der Waals surface area contributed by atoms with Gasteiger partial charge in [0.25, 0.3) is 0 Å². The second-order valence-electron chi connectivity index (χ2n) is 8.48. The summed E-state index contributed by atoms with van der Waals surface area (Å²) in [6, 6.07) is 7.41. The lowest BCUT2D eigenvalue weighted by Gasteiger charge is -2.27. The molecule has 2 aromatic rings. The predicted molar refractivity (Wildman–Crippen MR) is 131 cm³/mol. The van der Waals surface area contributed by atoms with Crippen molar-refractivity contribution < 1.29 is 9.53 Å². The molecule has 0 unspecified atom stereocenters. The lowest BCUT2D eigenvalue weighted by Crippen LogP contribution is -2.38. The van der Waals surface area contributed by atoms with E-state index in [1.807, 2.05) is 28.8 Å². The molecular weight excluding hydrogens is 460 g/mol. The summed E-state index contributed by atoms with van der Waals surface area (Å²) in [4.78, 5) is 32.0. The van der Waals surface area contributed by atoms with Crippen LogP contribution in [0.15, 0.2) is 34.1 Å². The number of rotatable bonds is 9. The summed E-state index contributed by atoms with van der Waals surface area (Å²) in [5, 5.41) is 4.32. The first-order valence-corrected chi connectivity index (χ1v) is 13.0. The summed E-state index contributed by atoms with van der Waals surface area (Å²) in [7, 11) is 0. The fourth-order valence-corrected chi connectivity index (χ4v) is 5.40. The van der Waals surface area contributed by atoms with E-state index in [1.165, 1.54) is 11.8 Å². The van der Waals surface area contributed by atoms with Crippen molar-refractivity contribution in [2.45, 2.75) is 50.2 Å². The van der Waals surface area contributed by atoms with Gasteiger partial charge in [-0.2, -0.15) is 4.98 Å². The predicted octanol–water partition coefficient (Wildman–Crippen LogP) is 2.91. The van der Waals surface area contributed by atoms with Gasteiger partial charge in [0.1, 0.15) is 5.03 Å². The number of benzene rings is 1. The van der Waals surface area contributed by atoms with Gasteiger partial charge in [-0.25, -0.2) is 4.79 Å². The second kappa shape index (κ2) is 12.0. The number of nitrogens with zero attached hydrogens (tertiary/aromatic N) is 3. The number of ether oxygens (including phenoxy) is 1. The molecule has 1 aliphatic carbocycles. The van der Waals surface area contributed by atoms with Crippen LogP contribution in [0, 0.1) is 0 Å². The van der Waals surface area contributed by atoms with Crippen LogP contribution in [0.25, 0.3) is 0 Å². The van der Waals surface area contributed by atoms with Crippen LogP contribution in [0.4, 0.5) is 0 Å². The molecule has 33 heavy (non-hydrogen) atoms. The zero-order valence-corrected chi connectivity index (χ0v) is 20.4. The minimum Gasteiger partial charge on any atom is -0.379 e. The van der Waals surface area contributed by atoms with Gasteiger partial charge in [-0.1, -0.05) is 35.5 Å². The van der Waals surface area contributed by atoms with E-state index >= 15 is 0 Å². The smallest absolute Gasteiger partial charge is 0.348 e. The molecule has 0 radical (unpaired) electrons. The molecule has 1 saturated heterocycles. The van der Waals surface area contributed by atoms with Gasteiger partial charge in [0, 0.05) is 49.0 Å². The molecule has 4 rings (SSSR count). The van der Waals surface area contributed by atoms with Gasteiger partial charge in [-0.05, 0) is 49.8 Å². The van der Waals surface area contributed by atoms with E-state index in [0.717, 1.165) is 86.8 Å². The molecule has 9 heteroatoms. The lowest BCUT2D eigenvalue weighted by molar-refractivity contribution is -0.118. The van der Waals surface area contributed by atoms with Crippen molar-refractivity contribution >= 4 is 29.3 Å². The summed E-state index contributed by atoms with van der Waals surface area (Å²) in [6.07, 6.45) is 4.93. The Labute approximate surface area is 203 Å². The Morgan fingerprint density at radius 3 is 2.67 bits per heavy atom. The quantitative estimate of drug-likeness (QED) is 0.430. The number of amides is 1. The van der Waals surface area contributed by atoms with Crippen molar-refractivity contribution in [3.05, 3.63) is 56.6 Å². The number of fused-ring (bicyclic) bond motifs is 1. The third kappa shape index (κ3) is 6.82. The van der Waals surface area contributed by atoms with Crippen molar-refractivity contribution in [2.75, 3.05) is 38.6 Å². The number of morpholine rings is 1. The topological polar surface area (TPSA) is 76.5 Å². The molecule has 2 heterocycles. The minimum absolute atomic E-state index is 0.0731. The monoisotopic (exact) mass is 490 g/mol. The first-order chi connectivity index (χ1) is 16.1.